The molecular formula is C16H22N2O2. The highest BCUT2D eigenvalue weighted by Crippen LogP contribution is 2.22. The van der Waals surface area contributed by atoms with E-state index in [1.54, 1.807) is 11.0 Å². The van der Waals surface area contributed by atoms with Gasteiger partial charge in [-0.3, -0.25) is 4.79 Å². The lowest BCUT2D eigenvalue weighted by Crippen LogP contribution is -2.41. The zero-order valence-electron chi connectivity index (χ0n) is 12.3. The van der Waals surface area contributed by atoms with Crippen molar-refractivity contribution in [1.82, 2.24) is 4.90 Å². The first-order valence-corrected chi connectivity index (χ1v) is 6.95. The molecule has 2 N–H and O–H groups in total. The number of carbonyl (C=O) groups excluding carboxylic acids is 1. The van der Waals surface area contributed by atoms with E-state index in [0.29, 0.717) is 25.4 Å². The molecule has 0 spiro atoms. The molecule has 20 heavy (non-hydrogen) atoms. The quantitative estimate of drug-likeness (QED) is 0.912. The molecule has 4 nitrogen and oxygen atoms in total. The van der Waals surface area contributed by atoms with E-state index in [0.717, 1.165) is 11.0 Å². The molecule has 0 aliphatic carbocycles. The summed E-state index contributed by atoms with van der Waals surface area (Å²) in [7, 11) is 0. The largest absolute Gasteiger partial charge is 0.451 e. The van der Waals surface area contributed by atoms with Crippen LogP contribution in [0.3, 0.4) is 0 Å². The Morgan fingerprint density at radius 3 is 2.65 bits per heavy atom. The first kappa shape index (κ1) is 14.6. The predicted octanol–water partition coefficient (Wildman–Crippen LogP) is 2.88. The third-order valence-electron chi connectivity index (χ3n) is 3.48. The van der Waals surface area contributed by atoms with Gasteiger partial charge in [0.05, 0.1) is 0 Å². The molecule has 0 fully saturated rings. The van der Waals surface area contributed by atoms with Crippen molar-refractivity contribution in [3.05, 3.63) is 36.1 Å². The smallest absolute Gasteiger partial charge is 0.289 e. The van der Waals surface area contributed by atoms with Gasteiger partial charge in [0.1, 0.15) is 5.58 Å². The predicted molar refractivity (Wildman–Crippen MR) is 80.6 cm³/mol. The normalized spacial score (nSPS) is 11.8. The number of para-hydroxylation sites is 1. The third kappa shape index (κ3) is 3.02. The number of nitrogens with zero attached hydrogens (tertiary/aromatic N) is 1. The molecule has 1 aromatic carbocycles. The molecule has 0 aliphatic rings. The standard InChI is InChI=1S/C16H22N2O2/c1-4-18(11-16(2,3)10-17)15(19)14-9-12-7-5-6-8-13(12)20-14/h5-9H,4,10-11,17H2,1-3H3. The topological polar surface area (TPSA) is 59.5 Å². The fraction of sp³-hybridized carbons (Fsp3) is 0.438. The zero-order chi connectivity index (χ0) is 14.8. The summed E-state index contributed by atoms with van der Waals surface area (Å²) < 4.78 is 5.64. The van der Waals surface area contributed by atoms with Gasteiger partial charge in [0.15, 0.2) is 5.76 Å². The van der Waals surface area contributed by atoms with E-state index < -0.39 is 0 Å². The van der Waals surface area contributed by atoms with Crippen LogP contribution >= 0.6 is 0 Å². The van der Waals surface area contributed by atoms with Crippen LogP contribution in [0.1, 0.15) is 31.3 Å². The Morgan fingerprint density at radius 1 is 1.35 bits per heavy atom. The lowest BCUT2D eigenvalue weighted by atomic mass is 9.93. The van der Waals surface area contributed by atoms with Gasteiger partial charge in [0.25, 0.3) is 5.91 Å². The molecular weight excluding hydrogens is 252 g/mol. The molecule has 0 unspecified atom stereocenters. The summed E-state index contributed by atoms with van der Waals surface area (Å²) in [6, 6.07) is 9.44. The van der Waals surface area contributed by atoms with Gasteiger partial charge < -0.3 is 15.1 Å². The number of carbonyl (C=O) groups is 1. The maximum Gasteiger partial charge on any atom is 0.289 e. The number of hydrogen-bond donors (Lipinski definition) is 1. The summed E-state index contributed by atoms with van der Waals surface area (Å²) in [4.78, 5) is 14.3. The average molecular weight is 274 g/mol. The van der Waals surface area contributed by atoms with Crippen molar-refractivity contribution >= 4 is 16.9 Å². The molecule has 2 rings (SSSR count). The summed E-state index contributed by atoms with van der Waals surface area (Å²) >= 11 is 0. The monoisotopic (exact) mass is 274 g/mol. The fourth-order valence-corrected chi connectivity index (χ4v) is 2.15. The minimum atomic E-state index is -0.0995. The minimum absolute atomic E-state index is 0.0785. The van der Waals surface area contributed by atoms with Crippen molar-refractivity contribution in [1.29, 1.82) is 0 Å². The second-order valence-corrected chi connectivity index (χ2v) is 5.84. The Morgan fingerprint density at radius 2 is 2.05 bits per heavy atom. The van der Waals surface area contributed by atoms with Crippen LogP contribution in [0.5, 0.6) is 0 Å². The summed E-state index contributed by atoms with van der Waals surface area (Å²) in [6.45, 7) is 7.88. The summed E-state index contributed by atoms with van der Waals surface area (Å²) in [5.74, 6) is 0.311. The summed E-state index contributed by atoms with van der Waals surface area (Å²) in [5, 5.41) is 0.949. The number of hydrogen-bond acceptors (Lipinski definition) is 3. The Labute approximate surface area is 119 Å². The molecule has 1 heterocycles. The third-order valence-corrected chi connectivity index (χ3v) is 3.48. The number of benzene rings is 1. The molecule has 108 valence electrons. The van der Waals surface area contributed by atoms with Crippen LogP contribution in [0.25, 0.3) is 11.0 Å². The van der Waals surface area contributed by atoms with Crippen molar-refractivity contribution in [2.75, 3.05) is 19.6 Å². The molecule has 1 aromatic heterocycles. The second-order valence-electron chi connectivity index (χ2n) is 5.84. The lowest BCUT2D eigenvalue weighted by Gasteiger charge is -2.30. The van der Waals surface area contributed by atoms with Crippen molar-refractivity contribution in [3.8, 4) is 0 Å². The van der Waals surface area contributed by atoms with Gasteiger partial charge >= 0.3 is 0 Å². The second kappa shape index (κ2) is 5.67. The Kier molecular flexibility index (Phi) is 4.14. The SMILES string of the molecule is CCN(CC(C)(C)CN)C(=O)c1cc2ccccc2o1. The highest BCUT2D eigenvalue weighted by Gasteiger charge is 2.25. The van der Waals surface area contributed by atoms with Crippen LogP contribution in [-0.2, 0) is 0 Å². The first-order chi connectivity index (χ1) is 9.46. The Balaban J connectivity index is 2.24. The van der Waals surface area contributed by atoms with Crippen LogP contribution in [0.2, 0.25) is 0 Å². The molecule has 0 saturated heterocycles. The van der Waals surface area contributed by atoms with Crippen molar-refractivity contribution in [2.45, 2.75) is 20.8 Å². The maximum atomic E-state index is 12.5. The summed E-state index contributed by atoms with van der Waals surface area (Å²) in [5.41, 5.74) is 6.39. The Bertz CT molecular complexity index is 568. The van der Waals surface area contributed by atoms with Gasteiger partial charge in [-0.15, -0.1) is 0 Å². The Hall–Kier alpha value is -1.81. The first-order valence-electron chi connectivity index (χ1n) is 6.95. The van der Waals surface area contributed by atoms with Gasteiger partial charge in [-0.25, -0.2) is 0 Å². The minimum Gasteiger partial charge on any atom is -0.451 e. The molecule has 2 aromatic rings. The molecule has 0 saturated carbocycles. The van der Waals surface area contributed by atoms with E-state index in [4.69, 9.17) is 10.2 Å². The number of nitrogens with two attached hydrogens (primary N) is 1. The van der Waals surface area contributed by atoms with E-state index in [9.17, 15) is 4.79 Å². The van der Waals surface area contributed by atoms with Crippen molar-refractivity contribution < 1.29 is 9.21 Å². The van der Waals surface area contributed by atoms with Gasteiger partial charge in [-0.05, 0) is 31.0 Å². The van der Waals surface area contributed by atoms with Crippen LogP contribution < -0.4 is 5.73 Å². The van der Waals surface area contributed by atoms with E-state index in [1.807, 2.05) is 31.2 Å². The molecule has 0 bridgehead atoms. The van der Waals surface area contributed by atoms with Gasteiger partial charge in [0.2, 0.25) is 0 Å². The highest BCUT2D eigenvalue weighted by atomic mass is 16.3. The summed E-state index contributed by atoms with van der Waals surface area (Å²) in [6.07, 6.45) is 0. The maximum absolute atomic E-state index is 12.5. The fourth-order valence-electron chi connectivity index (χ4n) is 2.15. The average Bonchev–Trinajstić information content (AvgIpc) is 2.88. The zero-order valence-corrected chi connectivity index (χ0v) is 12.3. The number of furan rings is 1. The van der Waals surface area contributed by atoms with Gasteiger partial charge in [0, 0.05) is 18.5 Å². The molecule has 0 atom stereocenters. The molecule has 1 amide bonds. The number of fused-ring (bicyclic) bond motifs is 1. The van der Waals surface area contributed by atoms with Gasteiger partial charge in [-0.2, -0.15) is 0 Å². The van der Waals surface area contributed by atoms with E-state index in [-0.39, 0.29) is 11.3 Å². The van der Waals surface area contributed by atoms with Gasteiger partial charge in [-0.1, -0.05) is 32.0 Å². The van der Waals surface area contributed by atoms with Crippen LogP contribution in [-0.4, -0.2) is 30.4 Å². The number of rotatable bonds is 5. The van der Waals surface area contributed by atoms with Crippen LogP contribution in [0, 0.1) is 5.41 Å². The van der Waals surface area contributed by atoms with Crippen LogP contribution in [0.4, 0.5) is 0 Å². The highest BCUT2D eigenvalue weighted by molar-refractivity contribution is 5.96. The van der Waals surface area contributed by atoms with Crippen molar-refractivity contribution in [3.63, 3.8) is 0 Å². The van der Waals surface area contributed by atoms with E-state index in [1.165, 1.54) is 0 Å². The lowest BCUT2D eigenvalue weighted by molar-refractivity contribution is 0.0671. The molecule has 4 heteroatoms. The molecule has 0 aliphatic heterocycles. The van der Waals surface area contributed by atoms with E-state index >= 15 is 0 Å². The van der Waals surface area contributed by atoms with Crippen LogP contribution in [0.15, 0.2) is 34.7 Å². The molecule has 0 radical (unpaired) electrons. The number of amides is 1. The van der Waals surface area contributed by atoms with E-state index in [2.05, 4.69) is 13.8 Å². The van der Waals surface area contributed by atoms with Crippen molar-refractivity contribution in [2.24, 2.45) is 11.1 Å².